The Balaban J connectivity index is 1.46. The quantitative estimate of drug-likeness (QED) is 0.235. The molecule has 0 fully saturated rings. The van der Waals surface area contributed by atoms with Crippen molar-refractivity contribution in [3.63, 3.8) is 0 Å². The summed E-state index contributed by atoms with van der Waals surface area (Å²) in [6.45, 7) is 0. The highest BCUT2D eigenvalue weighted by Gasteiger charge is 2.21. The summed E-state index contributed by atoms with van der Waals surface area (Å²) in [7, 11) is 2.08. The van der Waals surface area contributed by atoms with E-state index < -0.39 is 0 Å². The average molecular weight is 517 g/mol. The Hall–Kier alpha value is -5.42. The number of aryl methyl sites for hydroxylation is 1. The Morgan fingerprint density at radius 3 is 2.33 bits per heavy atom. The van der Waals surface area contributed by atoms with Gasteiger partial charge < -0.3 is 13.6 Å². The van der Waals surface area contributed by atoms with Crippen LogP contribution in [-0.4, -0.2) is 19.1 Å². The molecule has 0 spiro atoms. The van der Waals surface area contributed by atoms with Gasteiger partial charge in [-0.1, -0.05) is 48.5 Å². The Morgan fingerprint density at radius 2 is 1.50 bits per heavy atom. The summed E-state index contributed by atoms with van der Waals surface area (Å²) in [5.74, 6) is 0.915. The van der Waals surface area contributed by atoms with E-state index in [-0.39, 0.29) is 0 Å². The van der Waals surface area contributed by atoms with Crippen LogP contribution in [0, 0.1) is 0 Å². The van der Waals surface area contributed by atoms with Crippen LogP contribution < -0.4 is 0 Å². The molecule has 4 heterocycles. The van der Waals surface area contributed by atoms with Crippen molar-refractivity contribution in [3.8, 4) is 39.5 Å². The van der Waals surface area contributed by atoms with Crippen molar-refractivity contribution in [1.82, 2.24) is 19.1 Å². The topological polar surface area (TPSA) is 48.8 Å². The van der Waals surface area contributed by atoms with Crippen LogP contribution in [0.3, 0.4) is 0 Å². The summed E-state index contributed by atoms with van der Waals surface area (Å²) < 4.78 is 10.1. The van der Waals surface area contributed by atoms with E-state index in [1.807, 2.05) is 42.8 Å². The molecule has 0 bridgehead atoms. The van der Waals surface area contributed by atoms with Crippen LogP contribution in [-0.2, 0) is 7.05 Å². The van der Waals surface area contributed by atoms with Gasteiger partial charge in [-0.25, -0.2) is 4.98 Å². The van der Waals surface area contributed by atoms with Crippen molar-refractivity contribution in [2.45, 2.75) is 0 Å². The summed E-state index contributed by atoms with van der Waals surface area (Å²) in [5.41, 5.74) is 10.6. The van der Waals surface area contributed by atoms with Gasteiger partial charge in [0.1, 0.15) is 5.82 Å². The van der Waals surface area contributed by atoms with Gasteiger partial charge >= 0.3 is 0 Å². The molecule has 0 N–H and O–H groups in total. The van der Waals surface area contributed by atoms with Crippen molar-refractivity contribution in [1.29, 1.82) is 0 Å². The van der Waals surface area contributed by atoms with Crippen LogP contribution in [0.5, 0.6) is 0 Å². The minimum absolute atomic E-state index is 0.915. The summed E-state index contributed by atoms with van der Waals surface area (Å²) in [5, 5.41) is 2.37. The number of nitrogens with zero attached hydrogens (tertiary/aromatic N) is 4. The number of furan rings is 1. The lowest BCUT2D eigenvalue weighted by molar-refractivity contribution is 0.568. The van der Waals surface area contributed by atoms with Crippen molar-refractivity contribution < 1.29 is 4.42 Å². The Labute approximate surface area is 230 Å². The predicted octanol–water partition coefficient (Wildman–Crippen LogP) is 8.66. The van der Waals surface area contributed by atoms with Crippen LogP contribution in [0.15, 0.2) is 132 Å². The van der Waals surface area contributed by atoms with E-state index in [0.29, 0.717) is 0 Å². The maximum atomic E-state index is 5.54. The molecule has 8 rings (SSSR count). The van der Waals surface area contributed by atoms with E-state index in [9.17, 15) is 0 Å². The normalized spacial score (nSPS) is 11.6. The minimum Gasteiger partial charge on any atom is -0.472 e. The summed E-state index contributed by atoms with van der Waals surface area (Å²) in [6.07, 6.45) is 5.37. The largest absolute Gasteiger partial charge is 0.472 e. The van der Waals surface area contributed by atoms with Gasteiger partial charge in [0.15, 0.2) is 0 Å². The third kappa shape index (κ3) is 3.41. The van der Waals surface area contributed by atoms with Crippen LogP contribution in [0.1, 0.15) is 0 Å². The van der Waals surface area contributed by atoms with E-state index in [4.69, 9.17) is 9.40 Å². The van der Waals surface area contributed by atoms with Crippen LogP contribution in [0.2, 0.25) is 0 Å². The number of hydrogen-bond donors (Lipinski definition) is 0. The molecule has 0 amide bonds. The molecule has 5 nitrogen and oxygen atoms in total. The fraction of sp³-hybridized carbons (Fsp3) is 0.0286. The van der Waals surface area contributed by atoms with Crippen LogP contribution >= 0.6 is 0 Å². The number of pyridine rings is 1. The second kappa shape index (κ2) is 8.82. The van der Waals surface area contributed by atoms with E-state index >= 15 is 0 Å². The molecule has 0 radical (unpaired) electrons. The van der Waals surface area contributed by atoms with Crippen molar-refractivity contribution >= 4 is 32.8 Å². The molecule has 5 heteroatoms. The lowest BCUT2D eigenvalue weighted by Crippen LogP contribution is -1.98. The predicted molar refractivity (Wildman–Crippen MR) is 161 cm³/mol. The summed E-state index contributed by atoms with van der Waals surface area (Å²) in [4.78, 5) is 9.68. The standard InChI is InChI=1S/C35H24N4O/c1-38-33-15-5-3-13-31(33)37-35(38)29-21-34-28(20-27(29)24-16-18-40-22-24)26-11-2-4-14-32(26)39(34)25-10-8-9-23(19-25)30-12-6-7-17-36-30/h2-22H,1H3. The first-order chi connectivity index (χ1) is 19.8. The monoisotopic (exact) mass is 516 g/mol. The number of fused-ring (bicyclic) bond motifs is 4. The lowest BCUT2D eigenvalue weighted by Gasteiger charge is -2.13. The molecule has 0 saturated heterocycles. The average Bonchev–Trinajstić information content (AvgIpc) is 3.74. The van der Waals surface area contributed by atoms with Gasteiger partial charge in [0.05, 0.1) is 40.3 Å². The second-order valence-corrected chi connectivity index (χ2v) is 10.0. The Bertz CT molecular complexity index is 2170. The summed E-state index contributed by atoms with van der Waals surface area (Å²) in [6, 6.07) is 38.1. The fourth-order valence-electron chi connectivity index (χ4n) is 5.86. The Kier molecular flexibility index (Phi) is 4.97. The number of imidazole rings is 1. The molecule has 8 aromatic rings. The van der Waals surface area contributed by atoms with E-state index in [1.165, 1.54) is 10.8 Å². The third-order valence-electron chi connectivity index (χ3n) is 7.74. The van der Waals surface area contributed by atoms with E-state index in [2.05, 4.69) is 100 Å². The van der Waals surface area contributed by atoms with Gasteiger partial charge in [-0.05, 0) is 66.2 Å². The maximum Gasteiger partial charge on any atom is 0.141 e. The van der Waals surface area contributed by atoms with Crippen LogP contribution in [0.4, 0.5) is 0 Å². The molecule has 0 atom stereocenters. The first-order valence-electron chi connectivity index (χ1n) is 13.3. The first-order valence-corrected chi connectivity index (χ1v) is 13.3. The molecular weight excluding hydrogens is 492 g/mol. The molecule has 0 aliphatic carbocycles. The smallest absolute Gasteiger partial charge is 0.141 e. The minimum atomic E-state index is 0.915. The van der Waals surface area contributed by atoms with Gasteiger partial charge in [0.25, 0.3) is 0 Å². The first kappa shape index (κ1) is 22.6. The third-order valence-corrected chi connectivity index (χ3v) is 7.74. The van der Waals surface area contributed by atoms with Crippen LogP contribution in [0.25, 0.3) is 72.3 Å². The molecule has 0 unspecified atom stereocenters. The van der Waals surface area contributed by atoms with Crippen molar-refractivity contribution in [2.24, 2.45) is 7.05 Å². The summed E-state index contributed by atoms with van der Waals surface area (Å²) >= 11 is 0. The SMILES string of the molecule is Cn1c(-c2cc3c(cc2-c2ccoc2)c2ccccc2n3-c2cccc(-c3ccccn3)c2)nc2ccccc21. The maximum absolute atomic E-state index is 5.54. The van der Waals surface area contributed by atoms with E-state index in [1.54, 1.807) is 6.26 Å². The zero-order valence-electron chi connectivity index (χ0n) is 21.8. The molecular formula is C35H24N4O. The fourth-order valence-corrected chi connectivity index (χ4v) is 5.86. The number of aromatic nitrogens is 4. The van der Waals surface area contributed by atoms with Gasteiger partial charge in [-0.3, -0.25) is 4.98 Å². The van der Waals surface area contributed by atoms with Crippen molar-refractivity contribution in [2.75, 3.05) is 0 Å². The van der Waals surface area contributed by atoms with E-state index in [0.717, 1.165) is 61.5 Å². The molecule has 0 saturated carbocycles. The molecule has 4 aromatic heterocycles. The van der Waals surface area contributed by atoms with Crippen molar-refractivity contribution in [3.05, 3.63) is 128 Å². The number of para-hydroxylation sites is 3. The Morgan fingerprint density at radius 1 is 0.650 bits per heavy atom. The molecule has 190 valence electrons. The molecule has 0 aliphatic rings. The van der Waals surface area contributed by atoms with Gasteiger partial charge in [0, 0.05) is 46.4 Å². The zero-order chi connectivity index (χ0) is 26.6. The number of benzene rings is 4. The van der Waals surface area contributed by atoms with Gasteiger partial charge in [0.2, 0.25) is 0 Å². The highest BCUT2D eigenvalue weighted by Crippen LogP contribution is 2.41. The highest BCUT2D eigenvalue weighted by atomic mass is 16.3. The zero-order valence-corrected chi connectivity index (χ0v) is 21.8. The molecule has 40 heavy (non-hydrogen) atoms. The number of hydrogen-bond acceptors (Lipinski definition) is 3. The molecule has 0 aliphatic heterocycles. The molecule has 4 aromatic carbocycles. The number of rotatable bonds is 4. The van der Waals surface area contributed by atoms with Gasteiger partial charge in [-0.15, -0.1) is 0 Å². The highest BCUT2D eigenvalue weighted by molar-refractivity contribution is 6.12. The van der Waals surface area contributed by atoms with Gasteiger partial charge in [-0.2, -0.15) is 0 Å². The lowest BCUT2D eigenvalue weighted by atomic mass is 9.98. The second-order valence-electron chi connectivity index (χ2n) is 10.0.